The molecule has 0 N–H and O–H groups in total. The fraction of sp³-hybridized carbons (Fsp3) is 0.136. The first kappa shape index (κ1) is 21.4. The summed E-state index contributed by atoms with van der Waals surface area (Å²) in [4.78, 5) is 17.3. The first-order valence-electron chi connectivity index (χ1n) is 9.44. The number of nitrogens with zero attached hydrogens (tertiary/aromatic N) is 5. The first-order valence-corrected chi connectivity index (χ1v) is 10.6. The van der Waals surface area contributed by atoms with E-state index in [1.165, 1.54) is 4.68 Å². The normalized spacial score (nSPS) is 11.1. The van der Waals surface area contributed by atoms with Crippen molar-refractivity contribution in [2.75, 3.05) is 0 Å². The van der Waals surface area contributed by atoms with Crippen molar-refractivity contribution >= 4 is 34.8 Å². The lowest BCUT2D eigenvalue weighted by atomic mass is 10.2. The number of benzene rings is 2. The maximum Gasteiger partial charge on any atom is 0.346 e. The predicted octanol–water partition coefficient (Wildman–Crippen LogP) is 5.15. The Morgan fingerprint density at radius 2 is 1.71 bits per heavy atom. The van der Waals surface area contributed by atoms with Crippen molar-refractivity contribution in [1.82, 2.24) is 23.9 Å². The van der Waals surface area contributed by atoms with Gasteiger partial charge in [-0.25, -0.2) is 14.5 Å². The Bertz CT molecular complexity index is 1270. The van der Waals surface area contributed by atoms with E-state index in [0.717, 1.165) is 16.8 Å². The highest BCUT2D eigenvalue weighted by Gasteiger charge is 2.16. The summed E-state index contributed by atoms with van der Waals surface area (Å²) in [5.74, 6) is 0.543. The van der Waals surface area contributed by atoms with Gasteiger partial charge in [-0.05, 0) is 36.4 Å². The molecule has 0 fully saturated rings. The van der Waals surface area contributed by atoms with E-state index in [4.69, 9.17) is 34.8 Å². The van der Waals surface area contributed by atoms with E-state index in [0.29, 0.717) is 34.0 Å². The predicted molar refractivity (Wildman–Crippen MR) is 124 cm³/mol. The average molecular weight is 475 g/mol. The molecule has 0 saturated heterocycles. The highest BCUT2D eigenvalue weighted by molar-refractivity contribution is 6.36. The number of imidazole rings is 1. The summed E-state index contributed by atoms with van der Waals surface area (Å²) in [5, 5.41) is 6.33. The van der Waals surface area contributed by atoms with Gasteiger partial charge in [-0.15, -0.1) is 11.7 Å². The maximum absolute atomic E-state index is 13.0. The summed E-state index contributed by atoms with van der Waals surface area (Å²) < 4.78 is 4.88. The summed E-state index contributed by atoms with van der Waals surface area (Å²) in [6.07, 6.45) is 5.04. The molecule has 6 nitrogen and oxygen atoms in total. The van der Waals surface area contributed by atoms with Crippen molar-refractivity contribution in [1.29, 1.82) is 0 Å². The average Bonchev–Trinajstić information content (AvgIpc) is 3.31. The van der Waals surface area contributed by atoms with Crippen LogP contribution in [0.5, 0.6) is 0 Å². The zero-order valence-corrected chi connectivity index (χ0v) is 18.6. The van der Waals surface area contributed by atoms with Crippen LogP contribution in [-0.2, 0) is 19.6 Å². The Labute approximate surface area is 193 Å². The monoisotopic (exact) mass is 473 g/mol. The fourth-order valence-electron chi connectivity index (χ4n) is 3.28. The lowest BCUT2D eigenvalue weighted by Crippen LogP contribution is -2.26. The van der Waals surface area contributed by atoms with E-state index in [1.807, 2.05) is 16.7 Å². The molecule has 0 aliphatic heterocycles. The Balaban J connectivity index is 1.69. The Hall–Kier alpha value is -2.80. The Morgan fingerprint density at radius 1 is 1.00 bits per heavy atom. The van der Waals surface area contributed by atoms with E-state index in [9.17, 15) is 4.79 Å². The minimum Gasteiger partial charge on any atom is -0.328 e. The van der Waals surface area contributed by atoms with Crippen LogP contribution in [0, 0.1) is 0 Å². The molecular weight excluding hydrogens is 457 g/mol. The number of hydrogen-bond acceptors (Lipinski definition) is 3. The zero-order chi connectivity index (χ0) is 22.0. The second kappa shape index (κ2) is 9.14. The smallest absolute Gasteiger partial charge is 0.328 e. The van der Waals surface area contributed by atoms with Gasteiger partial charge in [-0.3, -0.25) is 4.57 Å². The third kappa shape index (κ3) is 4.46. The summed E-state index contributed by atoms with van der Waals surface area (Å²) >= 11 is 18.6. The van der Waals surface area contributed by atoms with Gasteiger partial charge in [0.15, 0.2) is 5.82 Å². The van der Waals surface area contributed by atoms with Crippen LogP contribution in [0.3, 0.4) is 0 Å². The van der Waals surface area contributed by atoms with E-state index in [-0.39, 0.29) is 12.2 Å². The molecule has 4 rings (SSSR count). The second-order valence-corrected chi connectivity index (χ2v) is 8.13. The summed E-state index contributed by atoms with van der Waals surface area (Å²) in [5.41, 5.74) is 2.13. The Morgan fingerprint density at radius 3 is 2.39 bits per heavy atom. The molecule has 0 radical (unpaired) electrons. The van der Waals surface area contributed by atoms with Crippen LogP contribution >= 0.6 is 34.8 Å². The molecule has 2 heterocycles. The first-order chi connectivity index (χ1) is 15.0. The third-order valence-corrected chi connectivity index (χ3v) is 5.80. The minimum absolute atomic E-state index is 0.242. The van der Waals surface area contributed by atoms with Crippen molar-refractivity contribution in [3.63, 3.8) is 0 Å². The third-order valence-electron chi connectivity index (χ3n) is 4.84. The van der Waals surface area contributed by atoms with Crippen molar-refractivity contribution in [2.24, 2.45) is 0 Å². The van der Waals surface area contributed by atoms with Gasteiger partial charge in [0.1, 0.15) is 0 Å². The second-order valence-electron chi connectivity index (χ2n) is 6.88. The van der Waals surface area contributed by atoms with Crippen LogP contribution in [0.15, 0.2) is 72.4 Å². The molecule has 4 aromatic rings. The molecule has 0 amide bonds. The molecular formula is C22H18Cl3N5O. The number of aromatic nitrogens is 5. The van der Waals surface area contributed by atoms with Crippen molar-refractivity contribution in [2.45, 2.75) is 19.6 Å². The van der Waals surface area contributed by atoms with E-state index in [2.05, 4.69) is 16.7 Å². The Kier molecular flexibility index (Phi) is 6.32. The lowest BCUT2D eigenvalue weighted by Gasteiger charge is -2.11. The van der Waals surface area contributed by atoms with Gasteiger partial charge in [0.25, 0.3) is 0 Å². The number of halogens is 3. The largest absolute Gasteiger partial charge is 0.346 e. The van der Waals surface area contributed by atoms with E-state index < -0.39 is 0 Å². The van der Waals surface area contributed by atoms with Crippen molar-refractivity contribution in [3.05, 3.63) is 104 Å². The summed E-state index contributed by atoms with van der Waals surface area (Å²) in [6, 6.07) is 12.6. The van der Waals surface area contributed by atoms with E-state index >= 15 is 0 Å². The molecule has 0 saturated carbocycles. The molecule has 0 aliphatic rings. The van der Waals surface area contributed by atoms with Gasteiger partial charge in [0.2, 0.25) is 0 Å². The fourth-order valence-corrected chi connectivity index (χ4v) is 3.92. The van der Waals surface area contributed by atoms with Crippen molar-refractivity contribution in [3.8, 4) is 11.4 Å². The highest BCUT2D eigenvalue weighted by atomic mass is 35.5. The molecule has 158 valence electrons. The van der Waals surface area contributed by atoms with Gasteiger partial charge in [0.05, 0.1) is 31.3 Å². The maximum atomic E-state index is 13.0. The minimum atomic E-state index is -0.242. The van der Waals surface area contributed by atoms with Gasteiger partial charge in [-0.2, -0.15) is 0 Å². The molecule has 0 unspecified atom stereocenters. The van der Waals surface area contributed by atoms with Crippen LogP contribution in [0.2, 0.25) is 15.1 Å². The molecule has 2 aromatic heterocycles. The SMILES string of the molecule is C=CCn1c(-c2ccc(Cl)cc2)nn(Cc2cncn2Cc2c(Cl)cccc2Cl)c1=O. The molecule has 2 aromatic carbocycles. The summed E-state index contributed by atoms with van der Waals surface area (Å²) in [6.45, 7) is 4.76. The molecule has 0 atom stereocenters. The van der Waals surface area contributed by atoms with Crippen LogP contribution in [-0.4, -0.2) is 23.9 Å². The number of allylic oxidation sites excluding steroid dienone is 1. The van der Waals surface area contributed by atoms with Gasteiger partial charge >= 0.3 is 5.69 Å². The van der Waals surface area contributed by atoms with Crippen LogP contribution in [0.1, 0.15) is 11.3 Å². The summed E-state index contributed by atoms with van der Waals surface area (Å²) in [7, 11) is 0. The highest BCUT2D eigenvalue weighted by Crippen LogP contribution is 2.25. The molecule has 0 aliphatic carbocycles. The van der Waals surface area contributed by atoms with Gasteiger partial charge < -0.3 is 4.57 Å². The number of hydrogen-bond donors (Lipinski definition) is 0. The van der Waals surface area contributed by atoms with Crippen LogP contribution < -0.4 is 5.69 Å². The quantitative estimate of drug-likeness (QED) is 0.348. The van der Waals surface area contributed by atoms with E-state index in [1.54, 1.807) is 53.5 Å². The topological polar surface area (TPSA) is 57.6 Å². The van der Waals surface area contributed by atoms with Crippen LogP contribution in [0.25, 0.3) is 11.4 Å². The van der Waals surface area contributed by atoms with Gasteiger partial charge in [0, 0.05) is 32.7 Å². The molecule has 31 heavy (non-hydrogen) atoms. The standard InChI is InChI=1S/C22H18Cl3N5O/c1-2-10-29-21(15-6-8-16(23)9-7-15)27-30(22(29)31)12-17-11-26-14-28(17)13-18-19(24)4-3-5-20(18)25/h2-9,11,14H,1,10,12-13H2. The zero-order valence-electron chi connectivity index (χ0n) is 16.4. The van der Waals surface area contributed by atoms with Crippen molar-refractivity contribution < 1.29 is 0 Å². The lowest BCUT2D eigenvalue weighted by molar-refractivity contribution is 0.602. The number of rotatable bonds is 7. The molecule has 0 bridgehead atoms. The molecule has 0 spiro atoms. The molecule has 9 heteroatoms. The van der Waals surface area contributed by atoms with Gasteiger partial charge in [-0.1, -0.05) is 46.9 Å². The van der Waals surface area contributed by atoms with Crippen LogP contribution in [0.4, 0.5) is 0 Å².